The second kappa shape index (κ2) is 9.20. The lowest BCUT2D eigenvalue weighted by Crippen LogP contribution is -2.35. The summed E-state index contributed by atoms with van der Waals surface area (Å²) in [6.45, 7) is 2.31. The summed E-state index contributed by atoms with van der Waals surface area (Å²) < 4.78 is 47.9. The molecular formula is C24H23F3N4O3. The van der Waals surface area contributed by atoms with Crippen LogP contribution in [0, 0.1) is 6.92 Å². The molecule has 4 rings (SSSR count). The molecule has 10 heteroatoms. The molecule has 1 fully saturated rings. The molecule has 0 spiro atoms. The minimum absolute atomic E-state index is 0.0771. The second-order valence-electron chi connectivity index (χ2n) is 8.00. The number of nitrogens with one attached hydrogen (secondary N) is 1. The van der Waals surface area contributed by atoms with Gasteiger partial charge in [-0.25, -0.2) is 4.68 Å². The Kier molecular flexibility index (Phi) is 6.32. The lowest BCUT2D eigenvalue weighted by Gasteiger charge is -2.28. The van der Waals surface area contributed by atoms with Crippen molar-refractivity contribution < 1.29 is 27.5 Å². The third-order valence-electron chi connectivity index (χ3n) is 5.61. The molecule has 0 saturated carbocycles. The molecule has 34 heavy (non-hydrogen) atoms. The predicted octanol–water partition coefficient (Wildman–Crippen LogP) is 4.98. The van der Waals surface area contributed by atoms with Crippen LogP contribution < -0.4 is 15.0 Å². The summed E-state index contributed by atoms with van der Waals surface area (Å²) in [6.07, 6.45) is -1.92. The molecule has 1 saturated heterocycles. The van der Waals surface area contributed by atoms with E-state index in [1.807, 2.05) is 6.92 Å². The van der Waals surface area contributed by atoms with Gasteiger partial charge < -0.3 is 15.0 Å². The van der Waals surface area contributed by atoms with E-state index in [1.54, 1.807) is 23.1 Å². The van der Waals surface area contributed by atoms with Gasteiger partial charge >= 0.3 is 6.18 Å². The fraction of sp³-hybridized carbons (Fsp3) is 0.292. The van der Waals surface area contributed by atoms with Gasteiger partial charge in [-0.3, -0.25) is 9.59 Å². The highest BCUT2D eigenvalue weighted by Gasteiger charge is 2.40. The normalized spacial score (nSPS) is 14.3. The number of piperidine rings is 1. The second-order valence-corrected chi connectivity index (χ2v) is 8.00. The minimum atomic E-state index is -4.82. The average molecular weight is 472 g/mol. The molecule has 1 N–H and O–H groups in total. The van der Waals surface area contributed by atoms with Crippen LogP contribution in [0.1, 0.15) is 40.9 Å². The fourth-order valence-electron chi connectivity index (χ4n) is 3.91. The summed E-state index contributed by atoms with van der Waals surface area (Å²) in [5, 5.41) is 6.34. The van der Waals surface area contributed by atoms with E-state index in [9.17, 15) is 22.8 Å². The number of halogens is 3. The molecule has 2 aromatic carbocycles. The maximum Gasteiger partial charge on any atom is 0.434 e. The van der Waals surface area contributed by atoms with Crippen LogP contribution in [0.4, 0.5) is 24.5 Å². The summed E-state index contributed by atoms with van der Waals surface area (Å²) in [5.41, 5.74) is -0.0303. The van der Waals surface area contributed by atoms with Gasteiger partial charge in [0.25, 0.3) is 5.91 Å². The molecular weight excluding hydrogens is 449 g/mol. The molecule has 0 aliphatic carbocycles. The van der Waals surface area contributed by atoms with Crippen LogP contribution in [-0.2, 0) is 11.0 Å². The predicted molar refractivity (Wildman–Crippen MR) is 120 cm³/mol. The van der Waals surface area contributed by atoms with E-state index in [2.05, 4.69) is 10.4 Å². The number of hydrogen-bond acceptors (Lipinski definition) is 4. The smallest absolute Gasteiger partial charge is 0.434 e. The van der Waals surface area contributed by atoms with Gasteiger partial charge in [0.05, 0.1) is 30.2 Å². The lowest BCUT2D eigenvalue weighted by atomic mass is 10.1. The fourth-order valence-corrected chi connectivity index (χ4v) is 3.91. The monoisotopic (exact) mass is 472 g/mol. The molecule has 0 bridgehead atoms. The van der Waals surface area contributed by atoms with Gasteiger partial charge in [-0.1, -0.05) is 17.7 Å². The highest BCUT2D eigenvalue weighted by Crippen LogP contribution is 2.36. The van der Waals surface area contributed by atoms with Crippen LogP contribution in [0.25, 0.3) is 5.69 Å². The number of aromatic nitrogens is 2. The molecule has 2 heterocycles. The molecule has 1 aliphatic heterocycles. The zero-order valence-corrected chi connectivity index (χ0v) is 18.6. The summed E-state index contributed by atoms with van der Waals surface area (Å²) in [7, 11) is 1.46. The van der Waals surface area contributed by atoms with E-state index in [0.717, 1.165) is 24.6 Å². The number of hydrogen-bond donors (Lipinski definition) is 1. The van der Waals surface area contributed by atoms with Crippen molar-refractivity contribution in [2.24, 2.45) is 0 Å². The first-order valence-corrected chi connectivity index (χ1v) is 10.7. The standard InChI is InChI=1S/C24H23F3N4O3/c1-15-6-9-17(10-7-15)31-22(24(25,26)27)18(14-28-31)23(33)29-16-8-11-20(34-2)19(13-16)30-12-4-3-5-21(30)32/h6-11,13-14H,3-5,12H2,1-2H3,(H,29,33). The number of carbonyl (C=O) groups excluding carboxylic acids is 2. The van der Waals surface area contributed by atoms with E-state index in [0.29, 0.717) is 29.1 Å². The van der Waals surface area contributed by atoms with Crippen LogP contribution in [0.2, 0.25) is 0 Å². The van der Waals surface area contributed by atoms with E-state index in [1.165, 1.54) is 31.4 Å². The van der Waals surface area contributed by atoms with Crippen molar-refractivity contribution in [2.45, 2.75) is 32.4 Å². The third kappa shape index (κ3) is 4.61. The summed E-state index contributed by atoms with van der Waals surface area (Å²) in [6, 6.07) is 10.9. The Morgan fingerprint density at radius 2 is 1.85 bits per heavy atom. The number of amides is 2. The maximum atomic E-state index is 14.0. The number of benzene rings is 2. The quantitative estimate of drug-likeness (QED) is 0.569. The van der Waals surface area contributed by atoms with Crippen LogP contribution >= 0.6 is 0 Å². The Hall–Kier alpha value is -3.82. The molecule has 0 radical (unpaired) electrons. The molecule has 178 valence electrons. The van der Waals surface area contributed by atoms with Crippen molar-refractivity contribution in [3.63, 3.8) is 0 Å². The van der Waals surface area contributed by atoms with Crippen molar-refractivity contribution in [1.29, 1.82) is 0 Å². The number of methoxy groups -OCH3 is 1. The van der Waals surface area contributed by atoms with Crippen LogP contribution in [0.3, 0.4) is 0 Å². The summed E-state index contributed by atoms with van der Waals surface area (Å²) in [5.74, 6) is -0.616. The van der Waals surface area contributed by atoms with Gasteiger partial charge in [-0.05, 0) is 50.1 Å². The zero-order valence-electron chi connectivity index (χ0n) is 18.6. The number of aryl methyl sites for hydroxylation is 1. The molecule has 0 unspecified atom stereocenters. The first-order chi connectivity index (χ1) is 16.2. The highest BCUT2D eigenvalue weighted by molar-refractivity contribution is 6.06. The number of anilines is 2. The summed E-state index contributed by atoms with van der Waals surface area (Å²) in [4.78, 5) is 26.9. The Labute approximate surface area is 194 Å². The van der Waals surface area contributed by atoms with Crippen molar-refractivity contribution >= 4 is 23.2 Å². The van der Waals surface area contributed by atoms with E-state index < -0.39 is 23.3 Å². The van der Waals surface area contributed by atoms with Gasteiger partial charge in [0.15, 0.2) is 5.69 Å². The largest absolute Gasteiger partial charge is 0.495 e. The molecule has 3 aromatic rings. The molecule has 0 atom stereocenters. The van der Waals surface area contributed by atoms with Gasteiger partial charge in [-0.15, -0.1) is 0 Å². The van der Waals surface area contributed by atoms with Crippen molar-refractivity contribution in [3.8, 4) is 11.4 Å². The Bertz CT molecular complexity index is 1220. The van der Waals surface area contributed by atoms with Crippen molar-refractivity contribution in [1.82, 2.24) is 9.78 Å². The van der Waals surface area contributed by atoms with Gasteiger partial charge in [-0.2, -0.15) is 18.3 Å². The van der Waals surface area contributed by atoms with E-state index in [-0.39, 0.29) is 17.3 Å². The molecule has 2 amide bonds. The Morgan fingerprint density at radius 3 is 2.50 bits per heavy atom. The SMILES string of the molecule is COc1ccc(NC(=O)c2cnn(-c3ccc(C)cc3)c2C(F)(F)F)cc1N1CCCCC1=O. The number of ether oxygens (including phenoxy) is 1. The van der Waals surface area contributed by atoms with Crippen LogP contribution in [-0.4, -0.2) is 35.2 Å². The van der Waals surface area contributed by atoms with Crippen LogP contribution in [0.15, 0.2) is 48.7 Å². The Balaban J connectivity index is 1.67. The first kappa shape index (κ1) is 23.3. The zero-order chi connectivity index (χ0) is 24.5. The third-order valence-corrected chi connectivity index (χ3v) is 5.61. The number of carbonyl (C=O) groups is 2. The topological polar surface area (TPSA) is 76.5 Å². The van der Waals surface area contributed by atoms with Gasteiger partial charge in [0.2, 0.25) is 5.91 Å². The number of nitrogens with zero attached hydrogens (tertiary/aromatic N) is 3. The van der Waals surface area contributed by atoms with Gasteiger partial charge in [0.1, 0.15) is 5.75 Å². The lowest BCUT2D eigenvalue weighted by molar-refractivity contribution is -0.143. The highest BCUT2D eigenvalue weighted by atomic mass is 19.4. The first-order valence-electron chi connectivity index (χ1n) is 10.7. The molecule has 1 aliphatic rings. The molecule has 1 aromatic heterocycles. The van der Waals surface area contributed by atoms with E-state index in [4.69, 9.17) is 4.74 Å². The maximum absolute atomic E-state index is 14.0. The van der Waals surface area contributed by atoms with Gasteiger partial charge in [0, 0.05) is 18.7 Å². The Morgan fingerprint density at radius 1 is 1.12 bits per heavy atom. The number of rotatable bonds is 5. The number of alkyl halides is 3. The average Bonchev–Trinajstić information content (AvgIpc) is 3.26. The van der Waals surface area contributed by atoms with Crippen molar-refractivity contribution in [2.75, 3.05) is 23.9 Å². The summed E-state index contributed by atoms with van der Waals surface area (Å²) >= 11 is 0. The molecule has 7 nitrogen and oxygen atoms in total. The van der Waals surface area contributed by atoms with E-state index >= 15 is 0 Å². The minimum Gasteiger partial charge on any atom is -0.495 e. The van der Waals surface area contributed by atoms with Crippen molar-refractivity contribution in [3.05, 3.63) is 65.5 Å². The van der Waals surface area contributed by atoms with Crippen LogP contribution in [0.5, 0.6) is 5.75 Å².